The van der Waals surface area contributed by atoms with Gasteiger partial charge in [0.25, 0.3) is 0 Å². The van der Waals surface area contributed by atoms with Crippen molar-refractivity contribution in [2.75, 3.05) is 11.9 Å². The van der Waals surface area contributed by atoms with Crippen LogP contribution in [0, 0.1) is 0 Å². The second-order valence-corrected chi connectivity index (χ2v) is 7.70. The largest absolute Gasteiger partial charge is 0.394 e. The summed E-state index contributed by atoms with van der Waals surface area (Å²) in [5.74, 6) is 0.547. The average Bonchev–Trinajstić information content (AvgIpc) is 3.39. The minimum absolute atomic E-state index is 0.398. The Kier molecular flexibility index (Phi) is 5.54. The van der Waals surface area contributed by atoms with E-state index in [9.17, 15) is 15.3 Å². The van der Waals surface area contributed by atoms with Gasteiger partial charge in [0.15, 0.2) is 23.2 Å². The Morgan fingerprint density at radius 2 is 1.75 bits per heavy atom. The number of aromatic nitrogens is 4. The lowest BCUT2D eigenvalue weighted by Crippen LogP contribution is -2.33. The van der Waals surface area contributed by atoms with Crippen LogP contribution in [0.1, 0.15) is 11.8 Å². The molecule has 4 atom stereocenters. The first-order chi connectivity index (χ1) is 15.7. The molecule has 4 N–H and O–H groups in total. The number of nitrogens with zero attached hydrogens (tertiary/aromatic N) is 4. The molecule has 1 aliphatic rings. The molecule has 0 amide bonds. The molecule has 5 rings (SSSR count). The first-order valence-corrected chi connectivity index (χ1v) is 10.3. The summed E-state index contributed by atoms with van der Waals surface area (Å²) in [6.07, 6.45) is -1.29. The van der Waals surface area contributed by atoms with Gasteiger partial charge in [-0.15, -0.1) is 0 Å². The molecule has 32 heavy (non-hydrogen) atoms. The number of nitrogens with one attached hydrogen (secondary N) is 1. The van der Waals surface area contributed by atoms with E-state index < -0.39 is 31.1 Å². The molecule has 3 heterocycles. The fourth-order valence-corrected chi connectivity index (χ4v) is 3.95. The first kappa shape index (κ1) is 20.5. The van der Waals surface area contributed by atoms with Crippen molar-refractivity contribution in [2.45, 2.75) is 31.1 Å². The standard InChI is InChI=1S/C23H23N5O4/c29-11-17-19(30)20(31)23(32-17)28-13-27-18-21(25-12-26-22(18)28)24-10-14-5-4-8-16(9-14)15-6-2-1-3-7-15/h1-9,12-13,17,19-20,23,29-31H,10-11H2,(H,24,25,26)/t17-,19-,20-,23-/m1/s1. The van der Waals surface area contributed by atoms with Crippen LogP contribution in [0.4, 0.5) is 5.82 Å². The zero-order valence-electron chi connectivity index (χ0n) is 17.1. The molecule has 1 aliphatic heterocycles. The zero-order valence-corrected chi connectivity index (χ0v) is 17.1. The van der Waals surface area contributed by atoms with E-state index in [4.69, 9.17) is 4.74 Å². The molecule has 0 unspecified atom stereocenters. The van der Waals surface area contributed by atoms with Gasteiger partial charge in [-0.1, -0.05) is 48.5 Å². The van der Waals surface area contributed by atoms with E-state index in [1.807, 2.05) is 30.3 Å². The van der Waals surface area contributed by atoms with Gasteiger partial charge in [0.2, 0.25) is 0 Å². The van der Waals surface area contributed by atoms with Gasteiger partial charge in [0.05, 0.1) is 12.9 Å². The highest BCUT2D eigenvalue weighted by atomic mass is 16.6. The second-order valence-electron chi connectivity index (χ2n) is 7.70. The van der Waals surface area contributed by atoms with Crippen molar-refractivity contribution in [2.24, 2.45) is 0 Å². The number of rotatable bonds is 6. The van der Waals surface area contributed by atoms with E-state index in [1.165, 1.54) is 12.7 Å². The van der Waals surface area contributed by atoms with Gasteiger partial charge >= 0.3 is 0 Å². The highest BCUT2D eigenvalue weighted by Gasteiger charge is 2.44. The van der Waals surface area contributed by atoms with E-state index in [2.05, 4.69) is 44.5 Å². The van der Waals surface area contributed by atoms with Crippen molar-refractivity contribution in [1.82, 2.24) is 19.5 Å². The predicted octanol–water partition coefficient (Wildman–Crippen LogP) is 1.72. The Labute approximate surface area is 184 Å². The van der Waals surface area contributed by atoms with Crippen LogP contribution < -0.4 is 5.32 Å². The summed E-state index contributed by atoms with van der Waals surface area (Å²) in [4.78, 5) is 13.0. The molecule has 4 aromatic rings. The minimum Gasteiger partial charge on any atom is -0.394 e. The van der Waals surface area contributed by atoms with Gasteiger partial charge in [0, 0.05) is 6.54 Å². The number of anilines is 1. The molecule has 0 radical (unpaired) electrons. The number of hydrogen-bond acceptors (Lipinski definition) is 8. The van der Waals surface area contributed by atoms with Crippen LogP contribution in [0.5, 0.6) is 0 Å². The number of hydrogen-bond donors (Lipinski definition) is 4. The van der Waals surface area contributed by atoms with Crippen LogP contribution >= 0.6 is 0 Å². The van der Waals surface area contributed by atoms with E-state index in [0.29, 0.717) is 23.5 Å². The minimum atomic E-state index is -1.21. The molecule has 0 saturated carbocycles. The van der Waals surface area contributed by atoms with Gasteiger partial charge in [-0.2, -0.15) is 0 Å². The zero-order chi connectivity index (χ0) is 22.1. The summed E-state index contributed by atoms with van der Waals surface area (Å²) in [6.45, 7) is 0.138. The fraction of sp³-hybridized carbons (Fsp3) is 0.261. The van der Waals surface area contributed by atoms with Gasteiger partial charge < -0.3 is 25.4 Å². The lowest BCUT2D eigenvalue weighted by molar-refractivity contribution is -0.0511. The summed E-state index contributed by atoms with van der Waals surface area (Å²) in [7, 11) is 0. The topological polar surface area (TPSA) is 126 Å². The molecule has 0 spiro atoms. The smallest absolute Gasteiger partial charge is 0.167 e. The summed E-state index contributed by atoms with van der Waals surface area (Å²) < 4.78 is 7.15. The van der Waals surface area contributed by atoms with Crippen molar-refractivity contribution in [3.05, 3.63) is 72.8 Å². The highest BCUT2D eigenvalue weighted by molar-refractivity contribution is 5.82. The van der Waals surface area contributed by atoms with Crippen LogP contribution in [0.15, 0.2) is 67.3 Å². The Morgan fingerprint density at radius 3 is 2.53 bits per heavy atom. The molecule has 164 valence electrons. The van der Waals surface area contributed by atoms with Crippen molar-refractivity contribution < 1.29 is 20.1 Å². The predicted molar refractivity (Wildman–Crippen MR) is 118 cm³/mol. The van der Waals surface area contributed by atoms with Gasteiger partial charge in [-0.25, -0.2) is 15.0 Å². The van der Waals surface area contributed by atoms with E-state index in [-0.39, 0.29) is 0 Å². The van der Waals surface area contributed by atoms with Gasteiger partial charge in [-0.05, 0) is 22.8 Å². The van der Waals surface area contributed by atoms with Crippen molar-refractivity contribution in [3.63, 3.8) is 0 Å². The summed E-state index contributed by atoms with van der Waals surface area (Å²) in [5, 5.41) is 33.0. The molecule has 2 aromatic heterocycles. The first-order valence-electron chi connectivity index (χ1n) is 10.3. The Hall–Kier alpha value is -3.37. The number of ether oxygens (including phenoxy) is 1. The third-order valence-corrected chi connectivity index (χ3v) is 5.64. The molecular formula is C23H23N5O4. The molecule has 0 bridgehead atoms. The number of imidazole rings is 1. The van der Waals surface area contributed by atoms with Crippen LogP contribution in [0.2, 0.25) is 0 Å². The number of aliphatic hydroxyl groups excluding tert-OH is 3. The third-order valence-electron chi connectivity index (χ3n) is 5.64. The Morgan fingerprint density at radius 1 is 0.938 bits per heavy atom. The monoisotopic (exact) mass is 433 g/mol. The molecule has 9 heteroatoms. The van der Waals surface area contributed by atoms with Crippen LogP contribution in [0.3, 0.4) is 0 Å². The fourth-order valence-electron chi connectivity index (χ4n) is 3.95. The van der Waals surface area contributed by atoms with Crippen molar-refractivity contribution in [1.29, 1.82) is 0 Å². The SMILES string of the molecule is OC[C@H]1O[C@@H](n2cnc3c(NCc4cccc(-c5ccccc5)c4)ncnc32)[C@H](O)[C@@H]1O. The van der Waals surface area contributed by atoms with Crippen LogP contribution in [-0.4, -0.2) is 59.8 Å². The molecule has 9 nitrogen and oxygen atoms in total. The number of fused-ring (bicyclic) bond motifs is 1. The van der Waals surface area contributed by atoms with E-state index in [0.717, 1.165) is 16.7 Å². The number of benzene rings is 2. The maximum absolute atomic E-state index is 10.3. The quantitative estimate of drug-likeness (QED) is 0.362. The molecule has 2 aromatic carbocycles. The molecule has 1 fully saturated rings. The van der Waals surface area contributed by atoms with Gasteiger partial charge in [0.1, 0.15) is 24.6 Å². The summed E-state index contributed by atoms with van der Waals surface area (Å²) >= 11 is 0. The van der Waals surface area contributed by atoms with Crippen LogP contribution in [0.25, 0.3) is 22.3 Å². The normalized spacial score (nSPS) is 23.0. The lowest BCUT2D eigenvalue weighted by atomic mass is 10.0. The van der Waals surface area contributed by atoms with Crippen molar-refractivity contribution in [3.8, 4) is 11.1 Å². The number of aliphatic hydroxyl groups is 3. The maximum atomic E-state index is 10.3. The van der Waals surface area contributed by atoms with Crippen molar-refractivity contribution >= 4 is 17.0 Å². The highest BCUT2D eigenvalue weighted by Crippen LogP contribution is 2.32. The Bertz CT molecular complexity index is 1220. The molecular weight excluding hydrogens is 410 g/mol. The summed E-state index contributed by atoms with van der Waals surface area (Å²) in [6, 6.07) is 18.4. The average molecular weight is 433 g/mol. The maximum Gasteiger partial charge on any atom is 0.167 e. The van der Waals surface area contributed by atoms with Gasteiger partial charge in [-0.3, -0.25) is 4.57 Å². The molecule has 0 aliphatic carbocycles. The van der Waals surface area contributed by atoms with E-state index >= 15 is 0 Å². The second kappa shape index (κ2) is 8.64. The van der Waals surface area contributed by atoms with Crippen LogP contribution in [-0.2, 0) is 11.3 Å². The van der Waals surface area contributed by atoms with E-state index in [1.54, 1.807) is 4.57 Å². The summed E-state index contributed by atoms with van der Waals surface area (Å²) in [5.41, 5.74) is 4.34. The Balaban J connectivity index is 1.38. The lowest BCUT2D eigenvalue weighted by Gasteiger charge is -2.16. The third kappa shape index (κ3) is 3.71. The molecule has 1 saturated heterocycles.